The molecule has 0 rings (SSSR count). The molecule has 0 aromatic rings. The van der Waals surface area contributed by atoms with E-state index in [-0.39, 0.29) is 6.61 Å². The van der Waals surface area contributed by atoms with Gasteiger partial charge in [0.1, 0.15) is 0 Å². The van der Waals surface area contributed by atoms with Gasteiger partial charge in [0.2, 0.25) is 0 Å². The van der Waals surface area contributed by atoms with Crippen molar-refractivity contribution >= 4 is 0 Å². The molecule has 0 fully saturated rings. The van der Waals surface area contributed by atoms with Crippen molar-refractivity contribution in [1.29, 1.82) is 0 Å². The lowest BCUT2D eigenvalue weighted by molar-refractivity contribution is 0.182. The molecule has 0 aromatic carbocycles. The van der Waals surface area contributed by atoms with Gasteiger partial charge in [0, 0.05) is 0 Å². The monoisotopic (exact) mass is 160 g/mol. The minimum Gasteiger partial charge on any atom is -0.330 e. The summed E-state index contributed by atoms with van der Waals surface area (Å²) >= 11 is 0. The summed E-state index contributed by atoms with van der Waals surface area (Å²) in [4.78, 5) is 0. The quantitative estimate of drug-likeness (QED) is 0.673. The predicted octanol–water partition coefficient (Wildman–Crippen LogP) is 2.21. The molecule has 0 bridgehead atoms. The van der Waals surface area contributed by atoms with Gasteiger partial charge in [-0.3, -0.25) is 0 Å². The number of hydrogen-bond donors (Lipinski definition) is 1. The topological polar surface area (TPSA) is 45.9 Å². The van der Waals surface area contributed by atoms with Gasteiger partial charge in [-0.1, -0.05) is 20.8 Å². The third-order valence-electron chi connectivity index (χ3n) is 1.21. The summed E-state index contributed by atoms with van der Waals surface area (Å²) in [5.74, 6) is 0.703. The highest BCUT2D eigenvalue weighted by atomic mass is 16.2. The van der Waals surface area contributed by atoms with Crippen LogP contribution in [0.1, 0.15) is 40.0 Å². The first-order valence-corrected chi connectivity index (χ1v) is 4.47. The number of rotatable bonds is 4. The van der Waals surface area contributed by atoms with Crippen LogP contribution >= 0.6 is 0 Å². The van der Waals surface area contributed by atoms with Crippen molar-refractivity contribution in [3.63, 3.8) is 0 Å². The van der Waals surface area contributed by atoms with E-state index in [1.54, 1.807) is 0 Å². The SMILES string of the molecule is CC(C)CCC[O].CCCN. The molecule has 0 aliphatic heterocycles. The molecule has 2 N–H and O–H groups in total. The Bertz CT molecular complexity index is 53.5. The summed E-state index contributed by atoms with van der Waals surface area (Å²) in [7, 11) is 0. The molecule has 0 heterocycles. The van der Waals surface area contributed by atoms with Gasteiger partial charge >= 0.3 is 0 Å². The summed E-state index contributed by atoms with van der Waals surface area (Å²) < 4.78 is 0. The van der Waals surface area contributed by atoms with Gasteiger partial charge in [-0.05, 0) is 31.7 Å². The van der Waals surface area contributed by atoms with Crippen LogP contribution in [-0.2, 0) is 5.11 Å². The Hall–Kier alpha value is -0.0800. The summed E-state index contributed by atoms with van der Waals surface area (Å²) in [5.41, 5.74) is 5.03. The molecule has 2 heteroatoms. The smallest absolute Gasteiger partial charge is 0.0822 e. The van der Waals surface area contributed by atoms with E-state index in [4.69, 9.17) is 5.73 Å². The first kappa shape index (κ1) is 13.5. The highest BCUT2D eigenvalue weighted by molar-refractivity contribution is 4.42. The third-order valence-corrected chi connectivity index (χ3v) is 1.21. The number of nitrogens with two attached hydrogens (primary N) is 1. The normalized spacial score (nSPS) is 9.27. The molecular weight excluding hydrogens is 138 g/mol. The van der Waals surface area contributed by atoms with Gasteiger partial charge in [-0.25, -0.2) is 5.11 Å². The molecule has 0 atom stereocenters. The van der Waals surface area contributed by atoms with Crippen LogP contribution < -0.4 is 5.73 Å². The lowest BCUT2D eigenvalue weighted by atomic mass is 10.1. The fourth-order valence-corrected chi connectivity index (χ4v) is 0.492. The second-order valence-corrected chi connectivity index (χ2v) is 3.03. The highest BCUT2D eigenvalue weighted by Crippen LogP contribution is 2.01. The van der Waals surface area contributed by atoms with Gasteiger partial charge in [0.25, 0.3) is 0 Å². The Balaban J connectivity index is 0. The van der Waals surface area contributed by atoms with E-state index in [1.807, 2.05) is 0 Å². The summed E-state index contributed by atoms with van der Waals surface area (Å²) in [5, 5.41) is 9.83. The average molecular weight is 160 g/mol. The Morgan fingerprint density at radius 2 is 1.82 bits per heavy atom. The maximum Gasteiger partial charge on any atom is 0.0822 e. The fourth-order valence-electron chi connectivity index (χ4n) is 0.492. The van der Waals surface area contributed by atoms with E-state index < -0.39 is 0 Å². The summed E-state index contributed by atoms with van der Waals surface area (Å²) in [6.45, 7) is 7.24. The van der Waals surface area contributed by atoms with Crippen LogP contribution in [0.5, 0.6) is 0 Å². The first-order valence-electron chi connectivity index (χ1n) is 4.47. The molecule has 0 amide bonds. The number of hydrogen-bond acceptors (Lipinski definition) is 1. The minimum atomic E-state index is 0.0954. The molecule has 0 aliphatic rings. The Morgan fingerprint density at radius 3 is 1.91 bits per heavy atom. The average Bonchev–Trinajstić information content (AvgIpc) is 2.01. The Morgan fingerprint density at radius 1 is 1.36 bits per heavy atom. The van der Waals surface area contributed by atoms with Crippen molar-refractivity contribution < 1.29 is 5.11 Å². The molecule has 0 saturated heterocycles. The van der Waals surface area contributed by atoms with Crippen LogP contribution in [0.4, 0.5) is 0 Å². The lowest BCUT2D eigenvalue weighted by Crippen LogP contribution is -1.93. The van der Waals surface area contributed by atoms with Crippen molar-refractivity contribution in [1.82, 2.24) is 0 Å². The van der Waals surface area contributed by atoms with Crippen LogP contribution in [-0.4, -0.2) is 13.2 Å². The van der Waals surface area contributed by atoms with Gasteiger partial charge in [0.05, 0.1) is 6.61 Å². The van der Waals surface area contributed by atoms with Gasteiger partial charge in [0.15, 0.2) is 0 Å². The molecular formula is C9H22NO. The van der Waals surface area contributed by atoms with E-state index in [0.717, 1.165) is 25.8 Å². The largest absolute Gasteiger partial charge is 0.330 e. The van der Waals surface area contributed by atoms with Crippen LogP contribution in [0.2, 0.25) is 0 Å². The van der Waals surface area contributed by atoms with Crippen molar-refractivity contribution in [3.05, 3.63) is 0 Å². The Labute approximate surface area is 70.8 Å². The van der Waals surface area contributed by atoms with Gasteiger partial charge < -0.3 is 5.73 Å². The van der Waals surface area contributed by atoms with E-state index >= 15 is 0 Å². The van der Waals surface area contributed by atoms with Crippen molar-refractivity contribution in [2.45, 2.75) is 40.0 Å². The molecule has 0 unspecified atom stereocenters. The van der Waals surface area contributed by atoms with E-state index in [0.29, 0.717) is 5.92 Å². The highest BCUT2D eigenvalue weighted by Gasteiger charge is 1.90. The second kappa shape index (κ2) is 12.6. The second-order valence-electron chi connectivity index (χ2n) is 3.03. The molecule has 0 aliphatic carbocycles. The van der Waals surface area contributed by atoms with E-state index in [9.17, 15) is 5.11 Å². The van der Waals surface area contributed by atoms with Crippen LogP contribution in [0, 0.1) is 5.92 Å². The van der Waals surface area contributed by atoms with E-state index in [2.05, 4.69) is 20.8 Å². The van der Waals surface area contributed by atoms with Gasteiger partial charge in [-0.2, -0.15) is 0 Å². The molecule has 0 aromatic heterocycles. The molecule has 1 radical (unpaired) electrons. The zero-order chi connectivity index (χ0) is 9.11. The van der Waals surface area contributed by atoms with Gasteiger partial charge in [-0.15, -0.1) is 0 Å². The van der Waals surface area contributed by atoms with Crippen LogP contribution in [0.15, 0.2) is 0 Å². The first-order chi connectivity index (χ1) is 5.18. The van der Waals surface area contributed by atoms with Crippen molar-refractivity contribution in [2.24, 2.45) is 11.7 Å². The molecule has 69 valence electrons. The maximum atomic E-state index is 9.83. The zero-order valence-corrected chi connectivity index (χ0v) is 8.10. The fraction of sp³-hybridized carbons (Fsp3) is 1.00. The molecule has 2 nitrogen and oxygen atoms in total. The van der Waals surface area contributed by atoms with Crippen molar-refractivity contribution in [3.8, 4) is 0 Å². The van der Waals surface area contributed by atoms with Crippen molar-refractivity contribution in [2.75, 3.05) is 13.2 Å². The predicted molar refractivity (Wildman–Crippen MR) is 49.0 cm³/mol. The molecule has 0 saturated carbocycles. The summed E-state index contributed by atoms with van der Waals surface area (Å²) in [6.07, 6.45) is 3.03. The van der Waals surface area contributed by atoms with E-state index in [1.165, 1.54) is 0 Å². The Kier molecular flexibility index (Phi) is 15.4. The van der Waals surface area contributed by atoms with Crippen LogP contribution in [0.3, 0.4) is 0 Å². The standard InChI is InChI=1S/C6H13O.C3H9N/c1-6(2)4-3-5-7;1-2-3-4/h6H,3-5H2,1-2H3;2-4H2,1H3. The molecule has 11 heavy (non-hydrogen) atoms. The van der Waals surface area contributed by atoms with Crippen LogP contribution in [0.25, 0.3) is 0 Å². The summed E-state index contributed by atoms with van der Waals surface area (Å²) in [6, 6.07) is 0. The zero-order valence-electron chi connectivity index (χ0n) is 8.10. The maximum absolute atomic E-state index is 9.83. The molecule has 0 spiro atoms. The minimum absolute atomic E-state index is 0.0954. The third kappa shape index (κ3) is 25.7. The lowest BCUT2D eigenvalue weighted by Gasteiger charge is -1.97.